The number of likely N-dealkylation sites (tertiary alicyclic amines) is 1. The van der Waals surface area contributed by atoms with Crippen LogP contribution in [0.5, 0.6) is 5.75 Å². The van der Waals surface area contributed by atoms with Crippen LogP contribution in [0.1, 0.15) is 18.5 Å². The van der Waals surface area contributed by atoms with Gasteiger partial charge in [0.2, 0.25) is 6.20 Å². The lowest BCUT2D eigenvalue weighted by atomic mass is 10.1. The second-order valence-corrected chi connectivity index (χ2v) is 7.44. The van der Waals surface area contributed by atoms with Gasteiger partial charge >= 0.3 is 6.36 Å². The molecule has 1 aromatic heterocycles. The fraction of sp³-hybridized carbons (Fsp3) is 0.381. The SMILES string of the molecule is O=C(NCc1ccc(-c2ccccc2OC(F)(F)F)c[n+]1O)[C@H](O)[C@@H](O)C(=O)N1CCCC1. The van der Waals surface area contributed by atoms with Crippen molar-refractivity contribution >= 4 is 11.8 Å². The van der Waals surface area contributed by atoms with E-state index in [4.69, 9.17) is 0 Å². The van der Waals surface area contributed by atoms with Gasteiger partial charge in [0.1, 0.15) is 12.3 Å². The van der Waals surface area contributed by atoms with Gasteiger partial charge in [-0.1, -0.05) is 18.2 Å². The number of hydrogen-bond donors (Lipinski definition) is 4. The highest BCUT2D eigenvalue weighted by Crippen LogP contribution is 2.33. The zero-order valence-corrected chi connectivity index (χ0v) is 17.3. The van der Waals surface area contributed by atoms with E-state index in [1.165, 1.54) is 35.2 Å². The Labute approximate surface area is 186 Å². The molecule has 0 spiro atoms. The minimum atomic E-state index is -4.89. The van der Waals surface area contributed by atoms with Crippen LogP contribution in [0.2, 0.25) is 0 Å². The Kier molecular flexibility index (Phi) is 7.39. The summed E-state index contributed by atoms with van der Waals surface area (Å²) in [6.45, 7) is 0.592. The molecule has 178 valence electrons. The molecule has 3 rings (SSSR count). The van der Waals surface area contributed by atoms with Crippen molar-refractivity contribution < 1.29 is 47.6 Å². The monoisotopic (exact) mass is 470 g/mol. The molecule has 0 radical (unpaired) electrons. The normalized spacial score (nSPS) is 15.7. The Morgan fingerprint density at radius 1 is 1.09 bits per heavy atom. The van der Waals surface area contributed by atoms with Gasteiger partial charge in [-0.15, -0.1) is 13.2 Å². The lowest BCUT2D eigenvalue weighted by Gasteiger charge is -2.22. The predicted molar refractivity (Wildman–Crippen MR) is 106 cm³/mol. The predicted octanol–water partition coefficient (Wildman–Crippen LogP) is 0.737. The molecule has 0 bridgehead atoms. The summed E-state index contributed by atoms with van der Waals surface area (Å²) < 4.78 is 42.5. The Bertz CT molecular complexity index is 1010. The Balaban J connectivity index is 1.65. The number of pyridine rings is 1. The molecular weight excluding hydrogens is 447 g/mol. The van der Waals surface area contributed by atoms with E-state index in [1.54, 1.807) is 0 Å². The first-order chi connectivity index (χ1) is 15.6. The van der Waals surface area contributed by atoms with E-state index < -0.39 is 36.1 Å². The highest BCUT2D eigenvalue weighted by atomic mass is 19.4. The number of para-hydroxylation sites is 1. The van der Waals surface area contributed by atoms with E-state index >= 15 is 0 Å². The third kappa shape index (κ3) is 6.11. The van der Waals surface area contributed by atoms with E-state index in [0.717, 1.165) is 25.1 Å². The Morgan fingerprint density at radius 2 is 1.76 bits per heavy atom. The summed E-state index contributed by atoms with van der Waals surface area (Å²) in [5.41, 5.74) is 0.403. The van der Waals surface area contributed by atoms with E-state index in [9.17, 15) is 38.2 Å². The molecule has 9 nitrogen and oxygen atoms in total. The smallest absolute Gasteiger partial charge is 0.405 e. The van der Waals surface area contributed by atoms with Crippen LogP contribution in [-0.2, 0) is 16.1 Å². The van der Waals surface area contributed by atoms with Crippen molar-refractivity contribution in [2.45, 2.75) is 38.0 Å². The van der Waals surface area contributed by atoms with Crippen LogP contribution in [0.25, 0.3) is 11.1 Å². The molecule has 2 amide bonds. The molecular formula is C21H23F3N3O6+. The number of alkyl halides is 3. The first-order valence-electron chi connectivity index (χ1n) is 10.1. The van der Waals surface area contributed by atoms with Gasteiger partial charge in [-0.3, -0.25) is 14.8 Å². The van der Waals surface area contributed by atoms with Gasteiger partial charge in [-0.25, -0.2) is 0 Å². The third-order valence-electron chi connectivity index (χ3n) is 5.12. The summed E-state index contributed by atoms with van der Waals surface area (Å²) in [4.78, 5) is 25.6. The molecule has 33 heavy (non-hydrogen) atoms. The highest BCUT2D eigenvalue weighted by molar-refractivity contribution is 5.90. The summed E-state index contributed by atoms with van der Waals surface area (Å²) in [5, 5.41) is 32.5. The summed E-state index contributed by atoms with van der Waals surface area (Å²) >= 11 is 0. The molecule has 0 saturated carbocycles. The number of rotatable bonds is 7. The number of aromatic nitrogens is 1. The van der Waals surface area contributed by atoms with Crippen LogP contribution >= 0.6 is 0 Å². The van der Waals surface area contributed by atoms with Crippen molar-refractivity contribution in [2.24, 2.45) is 0 Å². The van der Waals surface area contributed by atoms with Gasteiger partial charge in [0.05, 0.1) is 5.56 Å². The summed E-state index contributed by atoms with van der Waals surface area (Å²) in [6, 6.07) is 8.15. The number of hydrogen-bond acceptors (Lipinski definition) is 6. The number of aliphatic hydroxyl groups is 2. The van der Waals surface area contributed by atoms with E-state index in [1.807, 2.05) is 0 Å². The first-order valence-corrected chi connectivity index (χ1v) is 10.1. The minimum absolute atomic E-state index is 0.0761. The molecule has 1 saturated heterocycles. The maximum atomic E-state index is 12.6. The van der Waals surface area contributed by atoms with E-state index in [-0.39, 0.29) is 23.4 Å². The number of aliphatic hydroxyl groups excluding tert-OH is 2. The van der Waals surface area contributed by atoms with Crippen molar-refractivity contribution in [1.82, 2.24) is 10.2 Å². The molecule has 2 atom stereocenters. The lowest BCUT2D eigenvalue weighted by molar-refractivity contribution is -0.909. The van der Waals surface area contributed by atoms with Crippen molar-refractivity contribution in [3.8, 4) is 16.9 Å². The van der Waals surface area contributed by atoms with Crippen LogP contribution < -0.4 is 14.8 Å². The highest BCUT2D eigenvalue weighted by Gasteiger charge is 2.35. The molecule has 0 aliphatic carbocycles. The average Bonchev–Trinajstić information content (AvgIpc) is 3.30. The number of nitrogens with zero attached hydrogens (tertiary/aromatic N) is 2. The van der Waals surface area contributed by atoms with Crippen LogP contribution in [0, 0.1) is 0 Å². The molecule has 4 N–H and O–H groups in total. The quantitative estimate of drug-likeness (QED) is 0.350. The fourth-order valence-electron chi connectivity index (χ4n) is 3.42. The van der Waals surface area contributed by atoms with Crippen LogP contribution in [-0.4, -0.2) is 63.8 Å². The number of nitrogens with one attached hydrogen (secondary N) is 1. The number of benzene rings is 1. The minimum Gasteiger partial charge on any atom is -0.405 e. The number of ether oxygens (including phenoxy) is 1. The van der Waals surface area contributed by atoms with Crippen LogP contribution in [0.3, 0.4) is 0 Å². The van der Waals surface area contributed by atoms with Gasteiger partial charge in [0, 0.05) is 29.4 Å². The molecule has 1 fully saturated rings. The average molecular weight is 470 g/mol. The van der Waals surface area contributed by atoms with Gasteiger partial charge in [-0.2, -0.15) is 0 Å². The van der Waals surface area contributed by atoms with Crippen molar-refractivity contribution in [3.05, 3.63) is 48.3 Å². The van der Waals surface area contributed by atoms with Gasteiger partial charge in [0.25, 0.3) is 17.5 Å². The Hall–Kier alpha value is -3.38. The Morgan fingerprint density at radius 3 is 2.39 bits per heavy atom. The van der Waals surface area contributed by atoms with Gasteiger partial charge in [-0.05, 0) is 25.0 Å². The molecule has 1 aliphatic heterocycles. The molecule has 1 aromatic carbocycles. The molecule has 12 heteroatoms. The van der Waals surface area contributed by atoms with Crippen molar-refractivity contribution in [2.75, 3.05) is 13.1 Å². The summed E-state index contributed by atoms with van der Waals surface area (Å²) in [5.74, 6) is -2.22. The van der Waals surface area contributed by atoms with Crippen LogP contribution in [0.4, 0.5) is 13.2 Å². The first kappa shape index (κ1) is 24.3. The second-order valence-electron chi connectivity index (χ2n) is 7.44. The maximum absolute atomic E-state index is 12.6. The third-order valence-corrected chi connectivity index (χ3v) is 5.12. The number of carbonyl (C=O) groups is 2. The van der Waals surface area contributed by atoms with Gasteiger partial charge in [0.15, 0.2) is 12.2 Å². The maximum Gasteiger partial charge on any atom is 0.573 e. The van der Waals surface area contributed by atoms with Gasteiger partial charge < -0.3 is 25.2 Å². The summed E-state index contributed by atoms with van der Waals surface area (Å²) in [6.07, 6.45) is -6.13. The molecule has 0 unspecified atom stereocenters. The topological polar surface area (TPSA) is 123 Å². The number of amides is 2. The van der Waals surface area contributed by atoms with Crippen molar-refractivity contribution in [3.63, 3.8) is 0 Å². The zero-order valence-electron chi connectivity index (χ0n) is 17.3. The molecule has 2 heterocycles. The lowest BCUT2D eigenvalue weighted by Crippen LogP contribution is -2.50. The van der Waals surface area contributed by atoms with Crippen LogP contribution in [0.15, 0.2) is 42.6 Å². The van der Waals surface area contributed by atoms with E-state index in [2.05, 4.69) is 10.1 Å². The molecule has 2 aromatic rings. The van der Waals surface area contributed by atoms with E-state index in [0.29, 0.717) is 17.8 Å². The number of halogens is 3. The number of carbonyl (C=O) groups excluding carboxylic acids is 2. The second kappa shape index (κ2) is 10.0. The van der Waals surface area contributed by atoms with Crippen molar-refractivity contribution in [1.29, 1.82) is 0 Å². The molecule has 1 aliphatic rings. The summed E-state index contributed by atoms with van der Waals surface area (Å²) in [7, 11) is 0. The standard InChI is InChI=1S/C21H22F3N3O6/c22-21(23,24)33-16-6-2-1-5-15(16)13-7-8-14(27(32)12-13)11-25-19(30)17(28)18(29)20(31)26-9-3-4-10-26/h1-2,5-8,12,17-18,28-29H,3-4,9-11H2,(H-,25,30,32)/p+1/t17-,18-/m1/s1. The fourth-order valence-corrected chi connectivity index (χ4v) is 3.42. The largest absolute Gasteiger partial charge is 0.573 e. The zero-order chi connectivity index (χ0) is 24.2.